The second-order valence-electron chi connectivity index (χ2n) is 4.23. The molecule has 0 aliphatic rings. The molecule has 0 fully saturated rings. The molecule has 134 valence electrons. The third-order valence-corrected chi connectivity index (χ3v) is 2.72. The fraction of sp³-hybridized carbons (Fsp3) is 0.267. The van der Waals surface area contributed by atoms with Crippen molar-refractivity contribution in [2.75, 3.05) is 25.8 Å². The number of hydrogen-bond acceptors (Lipinski definition) is 6. The van der Waals surface area contributed by atoms with Crippen molar-refractivity contribution in [3.8, 4) is 23.3 Å². The predicted octanol–water partition coefficient (Wildman–Crippen LogP) is 1.29. The summed E-state index contributed by atoms with van der Waals surface area (Å²) >= 11 is 0. The second kappa shape index (κ2) is 8.88. The smallest absolute Gasteiger partial charge is 0.431 e. The zero-order valence-corrected chi connectivity index (χ0v) is 13.7. The van der Waals surface area contributed by atoms with Crippen LogP contribution < -0.4 is 19.9 Å². The number of hydrazine groups is 1. The number of nitrogens with one attached hydrogen (secondary N) is 1. The molecule has 0 spiro atoms. The predicted molar refractivity (Wildman–Crippen MR) is 84.7 cm³/mol. The summed E-state index contributed by atoms with van der Waals surface area (Å²) < 4.78 is 14.8. The quantitative estimate of drug-likeness (QED) is 0.419. The number of ether oxygens (including phenoxy) is 3. The molecule has 0 bridgehead atoms. The molecule has 0 heterocycles. The number of carbonyl (C=O) groups excluding carboxylic acids is 1. The van der Waals surface area contributed by atoms with Gasteiger partial charge in [0.15, 0.2) is 11.5 Å². The summed E-state index contributed by atoms with van der Waals surface area (Å²) in [6.07, 6.45) is -3.23. The van der Waals surface area contributed by atoms with Gasteiger partial charge in [-0.1, -0.05) is 5.92 Å². The minimum absolute atomic E-state index is 0.00172. The zero-order chi connectivity index (χ0) is 19.0. The van der Waals surface area contributed by atoms with Crippen LogP contribution in [0.4, 0.5) is 15.3 Å². The first kappa shape index (κ1) is 19.4. The Hall–Kier alpha value is -3.61. The minimum atomic E-state index is -1.62. The van der Waals surface area contributed by atoms with Gasteiger partial charge in [0, 0.05) is 18.1 Å². The van der Waals surface area contributed by atoms with E-state index in [1.54, 1.807) is 12.3 Å². The van der Waals surface area contributed by atoms with Crippen LogP contribution >= 0.6 is 0 Å². The van der Waals surface area contributed by atoms with Crippen molar-refractivity contribution >= 4 is 23.8 Å². The van der Waals surface area contributed by atoms with Gasteiger partial charge in [-0.25, -0.2) is 19.8 Å². The molecule has 10 nitrogen and oxygen atoms in total. The molecule has 0 saturated carbocycles. The van der Waals surface area contributed by atoms with Gasteiger partial charge < -0.3 is 24.4 Å². The highest BCUT2D eigenvalue weighted by Crippen LogP contribution is 2.34. The molecule has 0 aromatic heterocycles. The van der Waals surface area contributed by atoms with Gasteiger partial charge in [0.2, 0.25) is 0 Å². The highest BCUT2D eigenvalue weighted by Gasteiger charge is 2.22. The molecule has 1 aromatic carbocycles. The van der Waals surface area contributed by atoms with E-state index in [2.05, 4.69) is 16.6 Å². The SMILES string of the molecule is CCOC(=O)C#Cc1cc(OC)c(OC)cc1N(NC(=O)O)C(=O)O. The third-order valence-electron chi connectivity index (χ3n) is 2.72. The molecule has 25 heavy (non-hydrogen) atoms. The van der Waals surface area contributed by atoms with Crippen molar-refractivity contribution in [1.29, 1.82) is 0 Å². The summed E-state index contributed by atoms with van der Waals surface area (Å²) in [7, 11) is 2.67. The van der Waals surface area contributed by atoms with Crippen LogP contribution in [0.25, 0.3) is 0 Å². The van der Waals surface area contributed by atoms with Gasteiger partial charge >= 0.3 is 18.2 Å². The van der Waals surface area contributed by atoms with Crippen molar-refractivity contribution in [3.05, 3.63) is 17.7 Å². The summed E-state index contributed by atoms with van der Waals surface area (Å²) in [6, 6.07) is 2.51. The Morgan fingerprint density at radius 2 is 1.76 bits per heavy atom. The Labute approximate surface area is 142 Å². The number of esters is 1. The Morgan fingerprint density at radius 3 is 2.24 bits per heavy atom. The lowest BCUT2D eigenvalue weighted by Crippen LogP contribution is -2.45. The number of amides is 2. The largest absolute Gasteiger partial charge is 0.493 e. The molecule has 2 amide bonds. The van der Waals surface area contributed by atoms with Gasteiger partial charge in [-0.05, 0) is 6.92 Å². The molecular weight excluding hydrogens is 336 g/mol. The van der Waals surface area contributed by atoms with Crippen molar-refractivity contribution in [1.82, 2.24) is 5.43 Å². The molecule has 1 aromatic rings. The molecule has 0 radical (unpaired) electrons. The number of benzene rings is 1. The number of anilines is 1. The van der Waals surface area contributed by atoms with Gasteiger partial charge in [-0.15, -0.1) is 0 Å². The van der Waals surface area contributed by atoms with Gasteiger partial charge in [-0.2, -0.15) is 5.01 Å². The minimum Gasteiger partial charge on any atom is -0.493 e. The fourth-order valence-corrected chi connectivity index (χ4v) is 1.75. The molecule has 0 aliphatic heterocycles. The normalized spacial score (nSPS) is 9.24. The molecule has 0 atom stereocenters. The Bertz CT molecular complexity index is 735. The van der Waals surface area contributed by atoms with E-state index >= 15 is 0 Å². The third kappa shape index (κ3) is 5.21. The first-order valence-electron chi connectivity index (χ1n) is 6.81. The summed E-state index contributed by atoms with van der Waals surface area (Å²) in [5.74, 6) is 4.13. The highest BCUT2D eigenvalue weighted by molar-refractivity contribution is 5.93. The van der Waals surface area contributed by atoms with Crippen LogP contribution in [0.3, 0.4) is 0 Å². The molecule has 0 unspecified atom stereocenters. The molecular formula is C15H16N2O8. The highest BCUT2D eigenvalue weighted by atomic mass is 16.5. The number of carboxylic acid groups (broad SMARTS) is 2. The van der Waals surface area contributed by atoms with Crippen LogP contribution in [-0.2, 0) is 9.53 Å². The molecule has 1 rings (SSSR count). The number of hydrogen-bond donors (Lipinski definition) is 3. The van der Waals surface area contributed by atoms with Crippen molar-refractivity contribution in [2.24, 2.45) is 0 Å². The summed E-state index contributed by atoms with van der Waals surface area (Å²) in [6.45, 7) is 1.72. The number of methoxy groups -OCH3 is 2. The van der Waals surface area contributed by atoms with Crippen LogP contribution in [0.5, 0.6) is 11.5 Å². The van der Waals surface area contributed by atoms with Gasteiger partial charge in [-0.3, -0.25) is 0 Å². The zero-order valence-electron chi connectivity index (χ0n) is 13.7. The topological polar surface area (TPSA) is 135 Å². The molecule has 3 N–H and O–H groups in total. The van der Waals surface area contributed by atoms with E-state index in [9.17, 15) is 19.5 Å². The van der Waals surface area contributed by atoms with E-state index in [-0.39, 0.29) is 29.4 Å². The van der Waals surface area contributed by atoms with Crippen molar-refractivity contribution in [2.45, 2.75) is 6.92 Å². The van der Waals surface area contributed by atoms with E-state index in [4.69, 9.17) is 14.6 Å². The second-order valence-corrected chi connectivity index (χ2v) is 4.23. The number of nitrogens with zero attached hydrogens (tertiary/aromatic N) is 1. The lowest BCUT2D eigenvalue weighted by atomic mass is 10.1. The van der Waals surface area contributed by atoms with E-state index in [0.717, 1.165) is 0 Å². The molecule has 0 saturated heterocycles. The van der Waals surface area contributed by atoms with Gasteiger partial charge in [0.05, 0.1) is 32.1 Å². The lowest BCUT2D eigenvalue weighted by molar-refractivity contribution is -0.136. The Balaban J connectivity index is 3.52. The van der Waals surface area contributed by atoms with Gasteiger partial charge in [0.25, 0.3) is 0 Å². The molecule has 10 heteroatoms. The number of rotatable bonds is 4. The van der Waals surface area contributed by atoms with E-state index in [0.29, 0.717) is 5.01 Å². The van der Waals surface area contributed by atoms with E-state index in [1.807, 2.05) is 0 Å². The lowest BCUT2D eigenvalue weighted by Gasteiger charge is -2.21. The number of carbonyl (C=O) groups is 3. The Kier molecular flexibility index (Phi) is 6.90. The van der Waals surface area contributed by atoms with Crippen LogP contribution in [0, 0.1) is 11.8 Å². The first-order valence-corrected chi connectivity index (χ1v) is 6.81. The Morgan fingerprint density at radius 1 is 1.16 bits per heavy atom. The van der Waals surface area contributed by atoms with Crippen LogP contribution in [0.2, 0.25) is 0 Å². The van der Waals surface area contributed by atoms with Crippen LogP contribution in [0.15, 0.2) is 12.1 Å². The van der Waals surface area contributed by atoms with E-state index < -0.39 is 18.2 Å². The average Bonchev–Trinajstić information content (AvgIpc) is 2.57. The summed E-state index contributed by atoms with van der Waals surface area (Å²) in [5.41, 5.74) is 1.53. The summed E-state index contributed by atoms with van der Waals surface area (Å²) in [5, 5.41) is 18.4. The van der Waals surface area contributed by atoms with Crippen LogP contribution in [0.1, 0.15) is 12.5 Å². The standard InChI is InChI=1S/C15H16N2O8/c1-4-25-13(18)6-5-9-7-11(23-2)12(24-3)8-10(9)17(15(21)22)16-14(19)20/h7-8,16H,4H2,1-3H3,(H,19,20)(H,21,22). The monoisotopic (exact) mass is 352 g/mol. The summed E-state index contributed by atoms with van der Waals surface area (Å²) in [4.78, 5) is 33.6. The average molecular weight is 352 g/mol. The maximum atomic E-state index is 11.4. The first-order chi connectivity index (χ1) is 11.8. The maximum Gasteiger partial charge on any atom is 0.431 e. The fourth-order valence-electron chi connectivity index (χ4n) is 1.75. The van der Waals surface area contributed by atoms with E-state index in [1.165, 1.54) is 26.4 Å². The van der Waals surface area contributed by atoms with Gasteiger partial charge in [0.1, 0.15) is 0 Å². The maximum absolute atomic E-state index is 11.4. The van der Waals surface area contributed by atoms with Crippen LogP contribution in [-0.4, -0.2) is 49.2 Å². The van der Waals surface area contributed by atoms with Crippen molar-refractivity contribution in [3.63, 3.8) is 0 Å². The molecule has 0 aliphatic carbocycles. The van der Waals surface area contributed by atoms with Crippen molar-refractivity contribution < 1.29 is 38.8 Å².